The standard InChI is InChI=1S/C10H23NOSi/c1-6-7-8-11-12-13(9(2)3)10(4)5/h8-10,13H,6-7H2,1-5H3. The highest BCUT2D eigenvalue weighted by Crippen LogP contribution is 2.20. The van der Waals surface area contributed by atoms with Crippen LogP contribution in [0.5, 0.6) is 0 Å². The van der Waals surface area contributed by atoms with Gasteiger partial charge in [-0.1, -0.05) is 41.0 Å². The summed E-state index contributed by atoms with van der Waals surface area (Å²) in [5.74, 6) is 0. The lowest BCUT2D eigenvalue weighted by molar-refractivity contribution is 0.331. The van der Waals surface area contributed by atoms with E-state index in [1.165, 1.54) is 0 Å². The van der Waals surface area contributed by atoms with Gasteiger partial charge in [0.05, 0.1) is 0 Å². The molecule has 0 aliphatic heterocycles. The Balaban J connectivity index is 3.83. The van der Waals surface area contributed by atoms with E-state index in [1.54, 1.807) is 0 Å². The summed E-state index contributed by atoms with van der Waals surface area (Å²) >= 11 is 0. The fourth-order valence-electron chi connectivity index (χ4n) is 1.31. The van der Waals surface area contributed by atoms with Crippen LogP contribution >= 0.6 is 0 Å². The minimum absolute atomic E-state index is 0.666. The third-order valence-electron chi connectivity index (χ3n) is 1.99. The molecule has 0 spiro atoms. The number of rotatable bonds is 6. The van der Waals surface area contributed by atoms with Gasteiger partial charge in [0, 0.05) is 6.21 Å². The zero-order valence-electron chi connectivity index (χ0n) is 9.58. The number of oxime groups is 1. The minimum Gasteiger partial charge on any atom is -0.459 e. The lowest BCUT2D eigenvalue weighted by Gasteiger charge is -2.19. The molecule has 13 heavy (non-hydrogen) atoms. The van der Waals surface area contributed by atoms with Crippen molar-refractivity contribution in [2.75, 3.05) is 0 Å². The van der Waals surface area contributed by atoms with Crippen molar-refractivity contribution in [3.8, 4) is 0 Å². The van der Waals surface area contributed by atoms with Gasteiger partial charge in [0.15, 0.2) is 0 Å². The predicted molar refractivity (Wildman–Crippen MR) is 61.8 cm³/mol. The molecule has 0 aromatic heterocycles. The molecule has 0 N–H and O–H groups in total. The van der Waals surface area contributed by atoms with Crippen LogP contribution in [0.1, 0.15) is 47.5 Å². The molecule has 0 fully saturated rings. The maximum atomic E-state index is 5.58. The molecule has 0 aromatic carbocycles. The SMILES string of the molecule is CCCC=NO[SiH](C(C)C)C(C)C. The Hall–Kier alpha value is -0.313. The first-order valence-electron chi connectivity index (χ1n) is 5.27. The Kier molecular flexibility index (Phi) is 6.95. The van der Waals surface area contributed by atoms with Crippen molar-refractivity contribution < 1.29 is 4.53 Å². The maximum Gasteiger partial charge on any atom is 0.277 e. The topological polar surface area (TPSA) is 21.6 Å². The summed E-state index contributed by atoms with van der Waals surface area (Å²) < 4.78 is 5.58. The zero-order chi connectivity index (χ0) is 10.3. The molecule has 0 saturated carbocycles. The van der Waals surface area contributed by atoms with Crippen molar-refractivity contribution in [2.24, 2.45) is 5.16 Å². The monoisotopic (exact) mass is 201 g/mol. The first kappa shape index (κ1) is 12.7. The van der Waals surface area contributed by atoms with Gasteiger partial charge in [0.25, 0.3) is 9.04 Å². The van der Waals surface area contributed by atoms with E-state index in [1.807, 2.05) is 6.21 Å². The van der Waals surface area contributed by atoms with Crippen molar-refractivity contribution in [3.05, 3.63) is 0 Å². The van der Waals surface area contributed by atoms with Crippen molar-refractivity contribution in [1.29, 1.82) is 0 Å². The molecule has 0 unspecified atom stereocenters. The average Bonchev–Trinajstić information content (AvgIpc) is 2.02. The summed E-state index contributed by atoms with van der Waals surface area (Å²) in [6, 6.07) is 0. The second-order valence-electron chi connectivity index (χ2n) is 4.13. The zero-order valence-corrected chi connectivity index (χ0v) is 10.7. The fraction of sp³-hybridized carbons (Fsp3) is 0.900. The number of hydrogen-bond donors (Lipinski definition) is 0. The van der Waals surface area contributed by atoms with Gasteiger partial charge in [-0.2, -0.15) is 0 Å². The Bertz CT molecular complexity index is 138. The van der Waals surface area contributed by atoms with Crippen molar-refractivity contribution in [1.82, 2.24) is 0 Å². The Labute approximate surface area is 84.1 Å². The van der Waals surface area contributed by atoms with E-state index >= 15 is 0 Å². The van der Waals surface area contributed by atoms with Crippen LogP contribution < -0.4 is 0 Å². The Morgan fingerprint density at radius 1 is 1.23 bits per heavy atom. The summed E-state index contributed by atoms with van der Waals surface area (Å²) in [6.07, 6.45) is 4.06. The molecule has 0 rings (SSSR count). The molecule has 0 atom stereocenters. The molecular weight excluding hydrogens is 178 g/mol. The second kappa shape index (κ2) is 7.13. The lowest BCUT2D eigenvalue weighted by atomic mass is 10.4. The van der Waals surface area contributed by atoms with Crippen LogP contribution in [0.15, 0.2) is 5.16 Å². The first-order chi connectivity index (χ1) is 6.09. The normalized spacial score (nSPS) is 12.3. The van der Waals surface area contributed by atoms with E-state index in [2.05, 4.69) is 39.8 Å². The Morgan fingerprint density at radius 2 is 1.77 bits per heavy atom. The molecule has 78 valence electrons. The molecule has 0 amide bonds. The third kappa shape index (κ3) is 5.85. The van der Waals surface area contributed by atoms with Gasteiger partial charge in [0.1, 0.15) is 0 Å². The first-order valence-corrected chi connectivity index (χ1v) is 7.07. The van der Waals surface area contributed by atoms with Crippen LogP contribution in [0, 0.1) is 0 Å². The van der Waals surface area contributed by atoms with Crippen molar-refractivity contribution in [3.63, 3.8) is 0 Å². The summed E-state index contributed by atoms with van der Waals surface area (Å²) in [4.78, 5) is 0. The largest absolute Gasteiger partial charge is 0.459 e. The molecule has 0 saturated heterocycles. The van der Waals surface area contributed by atoms with Crippen LogP contribution in [0.2, 0.25) is 11.1 Å². The van der Waals surface area contributed by atoms with Crippen LogP contribution in [-0.4, -0.2) is 15.3 Å². The van der Waals surface area contributed by atoms with Gasteiger partial charge in [-0.25, -0.2) is 0 Å². The molecule has 0 radical (unpaired) electrons. The molecular formula is C10H23NOSi. The number of hydrogen-bond acceptors (Lipinski definition) is 2. The van der Waals surface area contributed by atoms with Crippen LogP contribution in [0.3, 0.4) is 0 Å². The van der Waals surface area contributed by atoms with E-state index < -0.39 is 9.04 Å². The third-order valence-corrected chi connectivity index (χ3v) is 4.98. The van der Waals surface area contributed by atoms with Gasteiger partial charge < -0.3 is 4.53 Å². The van der Waals surface area contributed by atoms with E-state index in [9.17, 15) is 0 Å². The highest BCUT2D eigenvalue weighted by Gasteiger charge is 2.22. The van der Waals surface area contributed by atoms with Crippen molar-refractivity contribution >= 4 is 15.3 Å². The summed E-state index contributed by atoms with van der Waals surface area (Å²) in [5, 5.41) is 4.04. The smallest absolute Gasteiger partial charge is 0.277 e. The molecule has 0 heterocycles. The number of nitrogens with zero attached hydrogens (tertiary/aromatic N) is 1. The summed E-state index contributed by atoms with van der Waals surface area (Å²) in [5.41, 5.74) is 1.33. The van der Waals surface area contributed by atoms with Gasteiger partial charge in [-0.3, -0.25) is 0 Å². The predicted octanol–water partition coefficient (Wildman–Crippen LogP) is 3.33. The molecule has 0 aromatic rings. The van der Waals surface area contributed by atoms with Crippen LogP contribution in [0.4, 0.5) is 0 Å². The second-order valence-corrected chi connectivity index (χ2v) is 7.94. The van der Waals surface area contributed by atoms with Crippen LogP contribution in [0.25, 0.3) is 0 Å². The number of unbranched alkanes of at least 4 members (excludes halogenated alkanes) is 1. The molecule has 2 nitrogen and oxygen atoms in total. The maximum absolute atomic E-state index is 5.58. The van der Waals surface area contributed by atoms with Gasteiger partial charge >= 0.3 is 0 Å². The van der Waals surface area contributed by atoms with Gasteiger partial charge in [-0.05, 0) is 17.5 Å². The van der Waals surface area contributed by atoms with E-state index in [-0.39, 0.29) is 0 Å². The quantitative estimate of drug-likeness (QED) is 0.367. The van der Waals surface area contributed by atoms with E-state index in [0.29, 0.717) is 11.1 Å². The van der Waals surface area contributed by atoms with Gasteiger partial charge in [-0.15, -0.1) is 5.16 Å². The average molecular weight is 201 g/mol. The van der Waals surface area contributed by atoms with Gasteiger partial charge in [0.2, 0.25) is 0 Å². The highest BCUT2D eigenvalue weighted by molar-refractivity contribution is 6.54. The van der Waals surface area contributed by atoms with E-state index in [0.717, 1.165) is 12.8 Å². The molecule has 3 heteroatoms. The summed E-state index contributed by atoms with van der Waals surface area (Å²) in [7, 11) is -1.12. The summed E-state index contributed by atoms with van der Waals surface area (Å²) in [6.45, 7) is 11.1. The minimum atomic E-state index is -1.12. The Morgan fingerprint density at radius 3 is 2.15 bits per heavy atom. The lowest BCUT2D eigenvalue weighted by Crippen LogP contribution is -2.23. The molecule has 0 aliphatic rings. The fourth-order valence-corrected chi connectivity index (χ4v) is 3.56. The van der Waals surface area contributed by atoms with Crippen molar-refractivity contribution in [2.45, 2.75) is 58.5 Å². The van der Waals surface area contributed by atoms with E-state index in [4.69, 9.17) is 4.53 Å². The molecule has 0 aliphatic carbocycles. The molecule has 0 bridgehead atoms. The highest BCUT2D eigenvalue weighted by atomic mass is 28.3. The van der Waals surface area contributed by atoms with Crippen LogP contribution in [-0.2, 0) is 4.53 Å².